The topological polar surface area (TPSA) is 161 Å². The molecule has 168 valence electrons. The number of aromatic hydroxyl groups is 1. The van der Waals surface area contributed by atoms with E-state index in [0.29, 0.717) is 42.2 Å². The predicted molar refractivity (Wildman–Crippen MR) is 108 cm³/mol. The van der Waals surface area contributed by atoms with Crippen LogP contribution in [0, 0.1) is 5.53 Å². The van der Waals surface area contributed by atoms with E-state index in [1.54, 1.807) is 6.07 Å². The number of aryl methyl sites for hydroxylation is 1. The molecule has 1 aromatic carbocycles. The fourth-order valence-electron chi connectivity index (χ4n) is 2.97. The first-order valence-corrected chi connectivity index (χ1v) is 10.2. The van der Waals surface area contributed by atoms with Crippen molar-refractivity contribution in [2.24, 2.45) is 5.11 Å². The molecule has 0 aromatic heterocycles. The highest BCUT2D eigenvalue weighted by molar-refractivity contribution is 6.01. The van der Waals surface area contributed by atoms with Gasteiger partial charge in [-0.1, -0.05) is 12.8 Å². The van der Waals surface area contributed by atoms with Crippen LogP contribution >= 0.6 is 0 Å². The number of nitrogens with one attached hydrogen (secondary N) is 3. The molecule has 0 aliphatic carbocycles. The molecule has 31 heavy (non-hydrogen) atoms. The summed E-state index contributed by atoms with van der Waals surface area (Å²) in [7, 11) is 0. The van der Waals surface area contributed by atoms with Crippen LogP contribution in [-0.2, 0) is 25.6 Å². The second kappa shape index (κ2) is 12.3. The van der Waals surface area contributed by atoms with Crippen molar-refractivity contribution < 1.29 is 29.1 Å². The van der Waals surface area contributed by atoms with Crippen molar-refractivity contribution in [1.82, 2.24) is 15.7 Å². The Kier molecular flexibility index (Phi) is 9.40. The number of nitrogens with zero attached hydrogens (tertiary/aromatic N) is 2. The van der Waals surface area contributed by atoms with Crippen molar-refractivity contribution >= 4 is 29.5 Å². The van der Waals surface area contributed by atoms with Crippen molar-refractivity contribution in [2.45, 2.75) is 51.4 Å². The lowest BCUT2D eigenvalue weighted by atomic mass is 10.1. The van der Waals surface area contributed by atoms with Gasteiger partial charge in [-0.3, -0.25) is 14.4 Å². The van der Waals surface area contributed by atoms with Gasteiger partial charge in [0.05, 0.1) is 5.69 Å². The average Bonchev–Trinajstić information content (AvgIpc) is 3.07. The monoisotopic (exact) mass is 433 g/mol. The van der Waals surface area contributed by atoms with E-state index in [9.17, 15) is 24.3 Å². The van der Waals surface area contributed by atoms with Gasteiger partial charge in [-0.25, -0.2) is 10.3 Å². The van der Waals surface area contributed by atoms with Crippen LogP contribution in [0.5, 0.6) is 5.75 Å². The summed E-state index contributed by atoms with van der Waals surface area (Å²) < 4.78 is 0. The molecule has 2 rings (SSSR count). The van der Waals surface area contributed by atoms with E-state index in [1.807, 2.05) is 0 Å². The molecule has 11 nitrogen and oxygen atoms in total. The minimum absolute atomic E-state index is 0.0561. The van der Waals surface area contributed by atoms with Crippen molar-refractivity contribution in [3.8, 4) is 5.75 Å². The molecule has 4 amide bonds. The van der Waals surface area contributed by atoms with Crippen LogP contribution in [-0.4, -0.2) is 47.1 Å². The van der Waals surface area contributed by atoms with Crippen molar-refractivity contribution in [3.63, 3.8) is 0 Å². The Morgan fingerprint density at radius 1 is 1.06 bits per heavy atom. The number of benzene rings is 1. The van der Waals surface area contributed by atoms with Crippen molar-refractivity contribution in [2.75, 3.05) is 13.1 Å². The van der Waals surface area contributed by atoms with Crippen LogP contribution in [0.2, 0.25) is 0 Å². The molecule has 0 atom stereocenters. The van der Waals surface area contributed by atoms with Gasteiger partial charge < -0.3 is 20.6 Å². The first-order valence-electron chi connectivity index (χ1n) is 10.2. The van der Waals surface area contributed by atoms with E-state index in [4.69, 9.17) is 5.53 Å². The molecule has 0 unspecified atom stereocenters. The number of unbranched alkanes of at least 4 members (excludes halogenated alkanes) is 3. The normalized spacial score (nSPS) is 13.2. The molecular formula is C20H27N5O6. The number of hydrogen-bond acceptors (Lipinski definition) is 8. The summed E-state index contributed by atoms with van der Waals surface area (Å²) in [5.74, 6) is -1.08. The van der Waals surface area contributed by atoms with Crippen molar-refractivity contribution in [1.29, 1.82) is 5.53 Å². The lowest BCUT2D eigenvalue weighted by Gasteiger charge is -2.13. The van der Waals surface area contributed by atoms with Crippen LogP contribution in [0.15, 0.2) is 23.3 Å². The maximum atomic E-state index is 11.9. The summed E-state index contributed by atoms with van der Waals surface area (Å²) in [5, 5.41) is 18.9. The number of imide groups is 1. The summed E-state index contributed by atoms with van der Waals surface area (Å²) in [6, 6.07) is 4.57. The second-order valence-electron chi connectivity index (χ2n) is 7.08. The number of rotatable bonds is 12. The van der Waals surface area contributed by atoms with Crippen LogP contribution in [0.25, 0.3) is 0 Å². The minimum Gasteiger partial charge on any atom is -0.508 e. The van der Waals surface area contributed by atoms with Crippen molar-refractivity contribution in [3.05, 3.63) is 23.8 Å². The zero-order chi connectivity index (χ0) is 22.6. The number of hydrogen-bond donors (Lipinski definition) is 4. The lowest BCUT2D eigenvalue weighted by Crippen LogP contribution is -2.37. The van der Waals surface area contributed by atoms with E-state index in [1.165, 1.54) is 12.1 Å². The molecule has 1 fully saturated rings. The average molecular weight is 433 g/mol. The highest BCUT2D eigenvalue weighted by Crippen LogP contribution is 2.24. The summed E-state index contributed by atoms with van der Waals surface area (Å²) in [4.78, 5) is 50.9. The highest BCUT2D eigenvalue weighted by atomic mass is 16.7. The smallest absolute Gasteiger partial charge is 0.432 e. The molecular weight excluding hydrogens is 406 g/mol. The third-order valence-corrected chi connectivity index (χ3v) is 4.69. The van der Waals surface area contributed by atoms with E-state index in [2.05, 4.69) is 20.6 Å². The zero-order valence-electron chi connectivity index (χ0n) is 17.2. The molecule has 0 radical (unpaired) electrons. The van der Waals surface area contributed by atoms with E-state index in [-0.39, 0.29) is 30.9 Å². The van der Waals surface area contributed by atoms with Gasteiger partial charge in [0.25, 0.3) is 11.8 Å². The quantitative estimate of drug-likeness (QED) is 0.225. The molecule has 1 aliphatic heterocycles. The lowest BCUT2D eigenvalue weighted by molar-refractivity contribution is -0.171. The van der Waals surface area contributed by atoms with E-state index < -0.39 is 17.9 Å². The van der Waals surface area contributed by atoms with Crippen LogP contribution in [0.4, 0.5) is 10.5 Å². The maximum absolute atomic E-state index is 11.9. The zero-order valence-corrected chi connectivity index (χ0v) is 17.2. The molecule has 11 heteroatoms. The fourth-order valence-corrected chi connectivity index (χ4v) is 2.97. The third kappa shape index (κ3) is 8.03. The Balaban J connectivity index is 1.48. The SMILES string of the molecule is N=Nc1ccc(O)c(CCC(=O)NCCCCCCNC(=O)ON2C(=O)CCC2=O)c1. The maximum Gasteiger partial charge on any atom is 0.432 e. The fraction of sp³-hybridized carbons (Fsp3) is 0.500. The molecule has 0 saturated carbocycles. The van der Waals surface area contributed by atoms with Gasteiger partial charge in [0.15, 0.2) is 0 Å². The van der Waals surface area contributed by atoms with Gasteiger partial charge in [-0.2, -0.15) is 5.11 Å². The number of carbonyl (C=O) groups excluding carboxylic acids is 4. The second-order valence-corrected chi connectivity index (χ2v) is 7.08. The van der Waals surface area contributed by atoms with Crippen LogP contribution in [0.3, 0.4) is 0 Å². The van der Waals surface area contributed by atoms with Crippen LogP contribution in [0.1, 0.15) is 50.5 Å². The molecule has 1 saturated heterocycles. The first kappa shape index (κ1) is 23.8. The van der Waals surface area contributed by atoms with Gasteiger partial charge in [0, 0.05) is 32.4 Å². The van der Waals surface area contributed by atoms with Gasteiger partial charge in [-0.15, -0.1) is 5.06 Å². The van der Waals surface area contributed by atoms with Gasteiger partial charge in [-0.05, 0) is 43.0 Å². The highest BCUT2D eigenvalue weighted by Gasteiger charge is 2.32. The molecule has 4 N–H and O–H groups in total. The van der Waals surface area contributed by atoms with Crippen LogP contribution < -0.4 is 10.6 Å². The Hall–Kier alpha value is -3.50. The number of hydroxylamine groups is 2. The largest absolute Gasteiger partial charge is 0.508 e. The third-order valence-electron chi connectivity index (χ3n) is 4.69. The van der Waals surface area contributed by atoms with Gasteiger partial charge in [0.1, 0.15) is 5.75 Å². The number of amides is 4. The summed E-state index contributed by atoms with van der Waals surface area (Å²) in [5.41, 5.74) is 7.99. The molecule has 1 aliphatic rings. The number of carbonyl (C=O) groups is 4. The van der Waals surface area contributed by atoms with E-state index in [0.717, 1.165) is 19.3 Å². The van der Waals surface area contributed by atoms with Gasteiger partial charge in [0.2, 0.25) is 5.91 Å². The Labute approximate surface area is 179 Å². The number of phenols is 1. The Bertz CT molecular complexity index is 812. The summed E-state index contributed by atoms with van der Waals surface area (Å²) in [6.07, 6.45) is 3.03. The molecule has 1 heterocycles. The molecule has 0 spiro atoms. The number of phenolic OH excluding ortho intramolecular Hbond substituents is 1. The standard InChI is InChI=1S/C20H27N5O6/c21-24-15-6-7-16(26)14(13-15)5-8-17(27)22-11-3-1-2-4-12-23-20(30)31-25-18(28)9-10-19(25)29/h6-7,13,21,26H,1-5,8-12H2,(H,22,27)(H,23,30). The summed E-state index contributed by atoms with van der Waals surface area (Å²) in [6.45, 7) is 0.885. The minimum atomic E-state index is -0.830. The molecule has 0 bridgehead atoms. The van der Waals surface area contributed by atoms with E-state index >= 15 is 0 Å². The Morgan fingerprint density at radius 2 is 1.71 bits per heavy atom. The summed E-state index contributed by atoms with van der Waals surface area (Å²) >= 11 is 0. The van der Waals surface area contributed by atoms with Gasteiger partial charge >= 0.3 is 6.09 Å². The predicted octanol–water partition coefficient (Wildman–Crippen LogP) is 2.45. The Morgan fingerprint density at radius 3 is 2.35 bits per heavy atom. The first-order chi connectivity index (χ1) is 14.9. The molecule has 1 aromatic rings.